The lowest BCUT2D eigenvalue weighted by atomic mass is 9.67. The molecule has 0 aromatic rings. The molecule has 0 saturated heterocycles. The van der Waals surface area contributed by atoms with Crippen LogP contribution in [0.15, 0.2) is 0 Å². The van der Waals surface area contributed by atoms with Crippen LogP contribution in [0.4, 0.5) is 0 Å². The molecule has 1 saturated carbocycles. The van der Waals surface area contributed by atoms with Gasteiger partial charge in [0, 0.05) is 19.1 Å². The van der Waals surface area contributed by atoms with Gasteiger partial charge in [-0.15, -0.1) is 0 Å². The van der Waals surface area contributed by atoms with Crippen molar-refractivity contribution in [3.63, 3.8) is 0 Å². The quantitative estimate of drug-likeness (QED) is 0.838. The fourth-order valence-electron chi connectivity index (χ4n) is 3.91. The first kappa shape index (κ1) is 18.0. The van der Waals surface area contributed by atoms with Crippen molar-refractivity contribution in [2.45, 2.75) is 66.8 Å². The molecular formula is C18H38N2. The Hall–Kier alpha value is -0.0800. The van der Waals surface area contributed by atoms with Gasteiger partial charge < -0.3 is 10.2 Å². The molecule has 0 radical (unpaired) electrons. The summed E-state index contributed by atoms with van der Waals surface area (Å²) in [6.07, 6.45) is 4.10. The van der Waals surface area contributed by atoms with E-state index in [1.165, 1.54) is 32.4 Å². The first-order valence-electron chi connectivity index (χ1n) is 8.39. The Balaban J connectivity index is 2.63. The van der Waals surface area contributed by atoms with Gasteiger partial charge in [-0.3, -0.25) is 0 Å². The molecule has 1 fully saturated rings. The largest absolute Gasteiger partial charge is 0.317 e. The Morgan fingerprint density at radius 1 is 1.05 bits per heavy atom. The molecule has 0 spiro atoms. The van der Waals surface area contributed by atoms with E-state index in [9.17, 15) is 0 Å². The van der Waals surface area contributed by atoms with Gasteiger partial charge in [0.15, 0.2) is 0 Å². The summed E-state index contributed by atoms with van der Waals surface area (Å²) in [4.78, 5) is 2.54. The van der Waals surface area contributed by atoms with Crippen LogP contribution in [0.25, 0.3) is 0 Å². The maximum absolute atomic E-state index is 3.57. The number of rotatable bonds is 4. The Bertz CT molecular complexity index is 285. The maximum atomic E-state index is 3.57. The van der Waals surface area contributed by atoms with Crippen molar-refractivity contribution in [3.8, 4) is 0 Å². The number of hydrogen-bond donors (Lipinski definition) is 1. The van der Waals surface area contributed by atoms with Gasteiger partial charge >= 0.3 is 0 Å². The van der Waals surface area contributed by atoms with Crippen LogP contribution in [-0.4, -0.2) is 38.1 Å². The van der Waals surface area contributed by atoms with Gasteiger partial charge in [0.05, 0.1) is 0 Å². The molecule has 0 bridgehead atoms. The summed E-state index contributed by atoms with van der Waals surface area (Å²) < 4.78 is 0. The summed E-state index contributed by atoms with van der Waals surface area (Å²) >= 11 is 0. The van der Waals surface area contributed by atoms with Crippen LogP contribution in [0, 0.1) is 22.7 Å². The van der Waals surface area contributed by atoms with E-state index >= 15 is 0 Å². The summed E-state index contributed by atoms with van der Waals surface area (Å²) in [7, 11) is 4.43. The maximum Gasteiger partial charge on any atom is 0.0105 e. The SMILES string of the molecule is CNC1CCC(C(C)(C)C)CC1CN(C)CC(C)(C)C. The van der Waals surface area contributed by atoms with Crippen molar-refractivity contribution >= 4 is 0 Å². The summed E-state index contributed by atoms with van der Waals surface area (Å²) in [5.41, 5.74) is 0.849. The van der Waals surface area contributed by atoms with Gasteiger partial charge in [0.2, 0.25) is 0 Å². The van der Waals surface area contributed by atoms with Crippen LogP contribution in [0.1, 0.15) is 60.8 Å². The van der Waals surface area contributed by atoms with Crippen molar-refractivity contribution < 1.29 is 0 Å². The molecule has 1 aliphatic rings. The van der Waals surface area contributed by atoms with E-state index in [0.29, 0.717) is 16.9 Å². The van der Waals surface area contributed by atoms with Crippen molar-refractivity contribution in [3.05, 3.63) is 0 Å². The fourth-order valence-corrected chi connectivity index (χ4v) is 3.91. The molecule has 2 heteroatoms. The average molecular weight is 283 g/mol. The standard InChI is InChI=1S/C18H38N2/c1-17(2,3)13-20(8)12-14-11-15(18(4,5)6)9-10-16(14)19-7/h14-16,19H,9-13H2,1-8H3. The van der Waals surface area contributed by atoms with Crippen molar-refractivity contribution in [1.29, 1.82) is 0 Å². The summed E-state index contributed by atoms with van der Waals surface area (Å²) in [5.74, 6) is 1.67. The van der Waals surface area contributed by atoms with Gasteiger partial charge in [-0.25, -0.2) is 0 Å². The highest BCUT2D eigenvalue weighted by molar-refractivity contribution is 4.89. The van der Waals surface area contributed by atoms with Crippen LogP contribution in [0.2, 0.25) is 0 Å². The molecule has 1 N–H and O–H groups in total. The number of nitrogens with one attached hydrogen (secondary N) is 1. The van der Waals surface area contributed by atoms with Crippen LogP contribution >= 0.6 is 0 Å². The highest BCUT2D eigenvalue weighted by atomic mass is 15.1. The molecule has 2 nitrogen and oxygen atoms in total. The first-order valence-corrected chi connectivity index (χ1v) is 8.39. The van der Waals surface area contributed by atoms with E-state index in [1.54, 1.807) is 0 Å². The lowest BCUT2D eigenvalue weighted by Crippen LogP contribution is -2.46. The van der Waals surface area contributed by atoms with Crippen molar-refractivity contribution in [1.82, 2.24) is 10.2 Å². The smallest absolute Gasteiger partial charge is 0.0105 e. The van der Waals surface area contributed by atoms with Crippen LogP contribution in [-0.2, 0) is 0 Å². The predicted molar refractivity (Wildman–Crippen MR) is 90.1 cm³/mol. The normalized spacial score (nSPS) is 28.9. The number of nitrogens with zero attached hydrogens (tertiary/aromatic N) is 1. The van der Waals surface area contributed by atoms with E-state index in [1.807, 2.05) is 0 Å². The summed E-state index contributed by atoms with van der Waals surface area (Å²) in [5, 5.41) is 3.57. The third-order valence-corrected chi connectivity index (χ3v) is 4.87. The molecule has 1 aliphatic carbocycles. The van der Waals surface area contributed by atoms with E-state index in [-0.39, 0.29) is 0 Å². The van der Waals surface area contributed by atoms with Crippen molar-refractivity contribution in [2.24, 2.45) is 22.7 Å². The molecule has 0 amide bonds. The zero-order chi connectivity index (χ0) is 15.6. The first-order chi connectivity index (χ1) is 9.03. The van der Waals surface area contributed by atoms with Crippen LogP contribution < -0.4 is 5.32 Å². The molecule has 120 valence electrons. The second kappa shape index (κ2) is 6.79. The Morgan fingerprint density at radius 2 is 1.65 bits per heavy atom. The van der Waals surface area contributed by atoms with E-state index in [2.05, 4.69) is 65.9 Å². The minimum atomic E-state index is 0.391. The van der Waals surface area contributed by atoms with Gasteiger partial charge in [-0.05, 0) is 56.0 Å². The van der Waals surface area contributed by atoms with E-state index in [0.717, 1.165) is 11.8 Å². The van der Waals surface area contributed by atoms with Gasteiger partial charge in [-0.1, -0.05) is 41.5 Å². The summed E-state index contributed by atoms with van der Waals surface area (Å²) in [6, 6.07) is 0.705. The zero-order valence-electron chi connectivity index (χ0n) is 15.2. The van der Waals surface area contributed by atoms with Crippen LogP contribution in [0.3, 0.4) is 0 Å². The summed E-state index contributed by atoms with van der Waals surface area (Å²) in [6.45, 7) is 16.6. The predicted octanol–water partition coefficient (Wildman–Crippen LogP) is 4.01. The van der Waals surface area contributed by atoms with E-state index < -0.39 is 0 Å². The van der Waals surface area contributed by atoms with Crippen LogP contribution in [0.5, 0.6) is 0 Å². The minimum absolute atomic E-state index is 0.391. The Morgan fingerprint density at radius 3 is 2.10 bits per heavy atom. The van der Waals surface area contributed by atoms with Gasteiger partial charge in [0.25, 0.3) is 0 Å². The van der Waals surface area contributed by atoms with Crippen molar-refractivity contribution in [2.75, 3.05) is 27.2 Å². The molecule has 1 rings (SSSR count). The Labute approximate surface area is 127 Å². The lowest BCUT2D eigenvalue weighted by Gasteiger charge is -2.43. The minimum Gasteiger partial charge on any atom is -0.317 e. The highest BCUT2D eigenvalue weighted by Crippen LogP contribution is 2.40. The molecule has 0 aliphatic heterocycles. The molecular weight excluding hydrogens is 244 g/mol. The lowest BCUT2D eigenvalue weighted by molar-refractivity contribution is 0.0876. The Kier molecular flexibility index (Phi) is 6.10. The average Bonchev–Trinajstić information content (AvgIpc) is 2.24. The topological polar surface area (TPSA) is 15.3 Å². The second-order valence-electron chi connectivity index (χ2n) is 9.29. The zero-order valence-corrected chi connectivity index (χ0v) is 15.2. The van der Waals surface area contributed by atoms with Gasteiger partial charge in [0.1, 0.15) is 0 Å². The third kappa shape index (κ3) is 5.73. The third-order valence-electron chi connectivity index (χ3n) is 4.87. The monoisotopic (exact) mass is 282 g/mol. The number of hydrogen-bond acceptors (Lipinski definition) is 2. The molecule has 0 aromatic carbocycles. The molecule has 20 heavy (non-hydrogen) atoms. The molecule has 0 aromatic heterocycles. The molecule has 3 unspecified atom stereocenters. The fraction of sp³-hybridized carbons (Fsp3) is 1.00. The van der Waals surface area contributed by atoms with Gasteiger partial charge in [-0.2, -0.15) is 0 Å². The van der Waals surface area contributed by atoms with E-state index in [4.69, 9.17) is 0 Å². The molecule has 3 atom stereocenters. The highest BCUT2D eigenvalue weighted by Gasteiger charge is 2.35. The molecule has 0 heterocycles. The second-order valence-corrected chi connectivity index (χ2v) is 9.29.